The summed E-state index contributed by atoms with van der Waals surface area (Å²) in [6.07, 6.45) is 3.38. The first-order valence-corrected chi connectivity index (χ1v) is 11.0. The highest BCUT2D eigenvalue weighted by molar-refractivity contribution is 5.94. The number of hydrogen-bond donors (Lipinski definition) is 6. The van der Waals surface area contributed by atoms with Crippen LogP contribution in [0.2, 0.25) is 0 Å². The summed E-state index contributed by atoms with van der Waals surface area (Å²) < 4.78 is 0. The first kappa shape index (κ1) is 26.5. The third kappa shape index (κ3) is 8.00. The van der Waals surface area contributed by atoms with Gasteiger partial charge in [-0.05, 0) is 18.4 Å². The molecule has 0 radical (unpaired) electrons. The van der Waals surface area contributed by atoms with Crippen LogP contribution >= 0.6 is 0 Å². The average Bonchev–Trinajstić information content (AvgIpc) is 3.29. The summed E-state index contributed by atoms with van der Waals surface area (Å²) in [5.74, 6) is -3.29. The normalized spacial score (nSPS) is 14.5. The summed E-state index contributed by atoms with van der Waals surface area (Å²) in [5.41, 5.74) is 7.36. The van der Waals surface area contributed by atoms with Gasteiger partial charge in [0, 0.05) is 24.7 Å². The maximum Gasteiger partial charge on any atom is 0.326 e. The molecule has 34 heavy (non-hydrogen) atoms. The molecule has 0 bridgehead atoms. The highest BCUT2D eigenvalue weighted by atomic mass is 16.4. The largest absolute Gasteiger partial charge is 0.480 e. The number of carbonyl (C=O) groups is 4. The fraction of sp³-hybridized carbons (Fsp3) is 0.435. The molecule has 0 saturated carbocycles. The quantitative estimate of drug-likeness (QED) is 0.246. The predicted molar refractivity (Wildman–Crippen MR) is 124 cm³/mol. The van der Waals surface area contributed by atoms with Crippen LogP contribution in [0.5, 0.6) is 0 Å². The number of amides is 3. The fourth-order valence-corrected chi connectivity index (χ4v) is 3.24. The van der Waals surface area contributed by atoms with Gasteiger partial charge < -0.3 is 31.8 Å². The van der Waals surface area contributed by atoms with Gasteiger partial charge in [-0.15, -0.1) is 0 Å². The molecule has 3 amide bonds. The minimum atomic E-state index is -1.17. The van der Waals surface area contributed by atoms with Crippen molar-refractivity contribution in [2.24, 2.45) is 11.7 Å². The third-order valence-electron chi connectivity index (χ3n) is 5.23. The number of aromatic nitrogens is 2. The molecule has 1 aromatic carbocycles. The van der Waals surface area contributed by atoms with Crippen molar-refractivity contribution in [3.8, 4) is 0 Å². The molecule has 0 fully saturated rings. The second kappa shape index (κ2) is 12.5. The maximum atomic E-state index is 12.9. The van der Waals surface area contributed by atoms with Gasteiger partial charge in [0.2, 0.25) is 17.7 Å². The maximum absolute atomic E-state index is 12.9. The van der Waals surface area contributed by atoms with Crippen LogP contribution in [0.4, 0.5) is 0 Å². The Hall–Kier alpha value is -3.73. The van der Waals surface area contributed by atoms with Crippen molar-refractivity contribution in [3.63, 3.8) is 0 Å². The number of nitrogens with one attached hydrogen (secondary N) is 4. The number of aromatic amines is 1. The molecule has 4 unspecified atom stereocenters. The van der Waals surface area contributed by atoms with Crippen LogP contribution in [0.15, 0.2) is 42.9 Å². The van der Waals surface area contributed by atoms with Crippen molar-refractivity contribution >= 4 is 23.7 Å². The van der Waals surface area contributed by atoms with Gasteiger partial charge in [0.05, 0.1) is 12.4 Å². The van der Waals surface area contributed by atoms with Crippen molar-refractivity contribution in [2.75, 3.05) is 0 Å². The highest BCUT2D eigenvalue weighted by Crippen LogP contribution is 2.07. The van der Waals surface area contributed by atoms with Crippen molar-refractivity contribution in [2.45, 2.75) is 57.8 Å². The lowest BCUT2D eigenvalue weighted by Crippen LogP contribution is -2.57. The third-order valence-corrected chi connectivity index (χ3v) is 5.23. The Morgan fingerprint density at radius 3 is 2.21 bits per heavy atom. The number of hydrogen-bond acceptors (Lipinski definition) is 6. The molecule has 1 aromatic heterocycles. The number of benzene rings is 1. The van der Waals surface area contributed by atoms with E-state index in [0.717, 1.165) is 5.56 Å². The van der Waals surface area contributed by atoms with E-state index in [-0.39, 0.29) is 18.8 Å². The smallest absolute Gasteiger partial charge is 0.326 e. The number of imidazole rings is 1. The number of H-pyrrole nitrogens is 1. The summed E-state index contributed by atoms with van der Waals surface area (Å²) in [6.45, 7) is 4.82. The Morgan fingerprint density at radius 2 is 1.65 bits per heavy atom. The molecule has 1 heterocycles. The van der Waals surface area contributed by atoms with Crippen LogP contribution < -0.4 is 21.7 Å². The van der Waals surface area contributed by atoms with E-state index in [1.807, 2.05) is 6.07 Å². The Labute approximate surface area is 197 Å². The highest BCUT2D eigenvalue weighted by Gasteiger charge is 2.30. The number of carboxylic acid groups (broad SMARTS) is 1. The molecule has 4 atom stereocenters. The van der Waals surface area contributed by atoms with Gasteiger partial charge in [0.15, 0.2) is 0 Å². The van der Waals surface area contributed by atoms with Crippen molar-refractivity contribution < 1.29 is 24.3 Å². The topological polar surface area (TPSA) is 179 Å². The second-order valence-corrected chi connectivity index (χ2v) is 8.44. The van der Waals surface area contributed by atoms with Gasteiger partial charge in [-0.2, -0.15) is 0 Å². The number of carboxylic acids is 1. The Kier molecular flexibility index (Phi) is 9.75. The van der Waals surface area contributed by atoms with E-state index in [1.165, 1.54) is 13.3 Å². The van der Waals surface area contributed by atoms with E-state index in [1.54, 1.807) is 44.3 Å². The lowest BCUT2D eigenvalue weighted by atomic mass is 10.0. The number of rotatable bonds is 12. The molecule has 184 valence electrons. The van der Waals surface area contributed by atoms with Crippen molar-refractivity contribution in [3.05, 3.63) is 54.1 Å². The first-order valence-electron chi connectivity index (χ1n) is 11.0. The Morgan fingerprint density at radius 1 is 0.971 bits per heavy atom. The average molecular weight is 473 g/mol. The molecular weight excluding hydrogens is 440 g/mol. The van der Waals surface area contributed by atoms with Gasteiger partial charge >= 0.3 is 5.97 Å². The lowest BCUT2D eigenvalue weighted by molar-refractivity contribution is -0.143. The number of nitrogens with zero attached hydrogens (tertiary/aromatic N) is 1. The Bertz CT molecular complexity index is 963. The minimum Gasteiger partial charge on any atom is -0.480 e. The Balaban J connectivity index is 2.06. The van der Waals surface area contributed by atoms with Gasteiger partial charge in [-0.3, -0.25) is 14.4 Å². The molecule has 0 spiro atoms. The van der Waals surface area contributed by atoms with Gasteiger partial charge in [-0.1, -0.05) is 44.2 Å². The van der Waals surface area contributed by atoms with Crippen LogP contribution in [0.25, 0.3) is 0 Å². The molecule has 0 aliphatic carbocycles. The van der Waals surface area contributed by atoms with Crippen LogP contribution in [0, 0.1) is 5.92 Å². The van der Waals surface area contributed by atoms with E-state index >= 15 is 0 Å². The summed E-state index contributed by atoms with van der Waals surface area (Å²) in [7, 11) is 0. The molecule has 11 nitrogen and oxygen atoms in total. The van der Waals surface area contributed by atoms with Crippen LogP contribution in [-0.4, -0.2) is 62.9 Å². The first-order chi connectivity index (χ1) is 16.1. The van der Waals surface area contributed by atoms with Crippen LogP contribution in [0.3, 0.4) is 0 Å². The van der Waals surface area contributed by atoms with E-state index in [4.69, 9.17) is 5.73 Å². The number of carbonyl (C=O) groups excluding carboxylic acids is 3. The minimum absolute atomic E-state index is 0.142. The number of nitrogens with two attached hydrogens (primary N) is 1. The monoisotopic (exact) mass is 472 g/mol. The molecule has 7 N–H and O–H groups in total. The zero-order chi connectivity index (χ0) is 25.3. The molecular formula is C23H32N6O5. The van der Waals surface area contributed by atoms with E-state index in [2.05, 4.69) is 25.9 Å². The molecule has 0 saturated heterocycles. The summed E-state index contributed by atoms with van der Waals surface area (Å²) >= 11 is 0. The van der Waals surface area contributed by atoms with Crippen LogP contribution in [-0.2, 0) is 32.0 Å². The van der Waals surface area contributed by atoms with E-state index in [0.29, 0.717) is 5.69 Å². The van der Waals surface area contributed by atoms with Gasteiger partial charge in [-0.25, -0.2) is 9.78 Å². The standard InChI is InChI=1S/C23H32N6O5/c1-13(2)19(23(33)34)29-22(32)18(9-15-7-5-4-6-8-15)28-20(30)14(3)27-21(31)17(24)10-16-11-25-12-26-16/h4-8,11-14,17-19H,9-10,24H2,1-3H3,(H,25,26)(H,27,31)(H,28,30)(H,29,32)(H,33,34). The van der Waals surface area contributed by atoms with E-state index < -0.39 is 47.9 Å². The predicted octanol–water partition coefficient (Wildman–Crippen LogP) is -0.263. The van der Waals surface area contributed by atoms with Gasteiger partial charge in [0.25, 0.3) is 0 Å². The lowest BCUT2D eigenvalue weighted by Gasteiger charge is -2.25. The zero-order valence-corrected chi connectivity index (χ0v) is 19.4. The molecule has 0 aliphatic rings. The molecule has 2 aromatic rings. The fourth-order valence-electron chi connectivity index (χ4n) is 3.24. The summed E-state index contributed by atoms with van der Waals surface area (Å²) in [5, 5.41) is 17.1. The summed E-state index contributed by atoms with van der Waals surface area (Å²) in [6, 6.07) is 4.96. The van der Waals surface area contributed by atoms with Crippen molar-refractivity contribution in [1.29, 1.82) is 0 Å². The SMILES string of the molecule is CC(NC(=O)C(N)Cc1cnc[nH]1)C(=O)NC(Cc1ccccc1)C(=O)NC(C(=O)O)C(C)C. The number of aliphatic carboxylic acids is 1. The molecule has 11 heteroatoms. The zero-order valence-electron chi connectivity index (χ0n) is 19.4. The molecule has 0 aliphatic heterocycles. The second-order valence-electron chi connectivity index (χ2n) is 8.44. The van der Waals surface area contributed by atoms with E-state index in [9.17, 15) is 24.3 Å². The van der Waals surface area contributed by atoms with Crippen molar-refractivity contribution in [1.82, 2.24) is 25.9 Å². The molecule has 2 rings (SSSR count). The van der Waals surface area contributed by atoms with Gasteiger partial charge in [0.1, 0.15) is 18.1 Å². The summed E-state index contributed by atoms with van der Waals surface area (Å²) in [4.78, 5) is 56.4. The van der Waals surface area contributed by atoms with Crippen LogP contribution in [0.1, 0.15) is 32.0 Å².